The molecule has 1 atom stereocenters. The minimum atomic E-state index is -0.109. The molecule has 3 rings (SSSR count). The Morgan fingerprint density at radius 2 is 2.04 bits per heavy atom. The van der Waals surface area contributed by atoms with Gasteiger partial charge in [-0.3, -0.25) is 9.59 Å². The third-order valence-electron chi connectivity index (χ3n) is 4.24. The van der Waals surface area contributed by atoms with E-state index in [0.29, 0.717) is 26.2 Å². The number of hydrogen-bond donors (Lipinski definition) is 1. The lowest BCUT2D eigenvalue weighted by molar-refractivity contribution is -0.132. The van der Waals surface area contributed by atoms with Crippen molar-refractivity contribution in [1.82, 2.24) is 10.2 Å². The molecule has 1 fully saturated rings. The number of nitrogens with one attached hydrogen (secondary N) is 1. The molecule has 0 aromatic heterocycles. The quantitative estimate of drug-likeness (QED) is 0.916. The Labute approximate surface area is 135 Å². The van der Waals surface area contributed by atoms with Crippen LogP contribution in [0.25, 0.3) is 0 Å². The fourth-order valence-corrected chi connectivity index (χ4v) is 3.17. The van der Waals surface area contributed by atoms with Crippen LogP contribution in [0.1, 0.15) is 37.8 Å². The van der Waals surface area contributed by atoms with Crippen molar-refractivity contribution in [3.05, 3.63) is 23.8 Å². The van der Waals surface area contributed by atoms with E-state index in [1.165, 1.54) is 6.92 Å². The van der Waals surface area contributed by atoms with Crippen molar-refractivity contribution in [3.8, 4) is 11.5 Å². The van der Waals surface area contributed by atoms with Crippen LogP contribution >= 0.6 is 0 Å². The van der Waals surface area contributed by atoms with Crippen LogP contribution in [0.15, 0.2) is 18.2 Å². The molecular formula is C17H22N2O4. The number of ether oxygens (including phenoxy) is 2. The van der Waals surface area contributed by atoms with E-state index < -0.39 is 0 Å². The molecule has 1 aromatic carbocycles. The number of benzene rings is 1. The van der Waals surface area contributed by atoms with E-state index in [1.54, 1.807) is 0 Å². The van der Waals surface area contributed by atoms with Gasteiger partial charge in [-0.25, -0.2) is 0 Å². The van der Waals surface area contributed by atoms with Crippen molar-refractivity contribution in [2.24, 2.45) is 0 Å². The predicted octanol–water partition coefficient (Wildman–Crippen LogP) is 1.65. The van der Waals surface area contributed by atoms with Crippen molar-refractivity contribution < 1.29 is 19.1 Å². The van der Waals surface area contributed by atoms with E-state index in [-0.39, 0.29) is 17.9 Å². The van der Waals surface area contributed by atoms with Crippen molar-refractivity contribution in [1.29, 1.82) is 0 Å². The van der Waals surface area contributed by atoms with E-state index >= 15 is 0 Å². The first kappa shape index (κ1) is 15.6. The Hall–Kier alpha value is -2.24. The van der Waals surface area contributed by atoms with Gasteiger partial charge in [-0.15, -0.1) is 0 Å². The molecule has 0 spiro atoms. The van der Waals surface area contributed by atoms with Gasteiger partial charge in [0.15, 0.2) is 11.5 Å². The summed E-state index contributed by atoms with van der Waals surface area (Å²) in [4.78, 5) is 25.2. The van der Waals surface area contributed by atoms with Gasteiger partial charge >= 0.3 is 0 Å². The summed E-state index contributed by atoms with van der Waals surface area (Å²) < 4.78 is 11.2. The topological polar surface area (TPSA) is 67.9 Å². The van der Waals surface area contributed by atoms with Crippen molar-refractivity contribution in [2.45, 2.75) is 32.2 Å². The highest BCUT2D eigenvalue weighted by atomic mass is 16.6. The summed E-state index contributed by atoms with van der Waals surface area (Å²) >= 11 is 0. The average Bonchev–Trinajstić information content (AvgIpc) is 3.03. The van der Waals surface area contributed by atoms with E-state index in [1.807, 2.05) is 23.1 Å². The van der Waals surface area contributed by atoms with E-state index in [2.05, 4.69) is 5.32 Å². The zero-order chi connectivity index (χ0) is 16.2. The van der Waals surface area contributed by atoms with Gasteiger partial charge in [-0.05, 0) is 30.5 Å². The summed E-state index contributed by atoms with van der Waals surface area (Å²) in [6.45, 7) is 3.73. The third kappa shape index (κ3) is 3.57. The maximum atomic E-state index is 12.4. The summed E-state index contributed by atoms with van der Waals surface area (Å²) in [5.41, 5.74) is 1.08. The smallest absolute Gasteiger partial charge is 0.224 e. The third-order valence-corrected chi connectivity index (χ3v) is 4.24. The zero-order valence-corrected chi connectivity index (χ0v) is 13.3. The number of carbonyl (C=O) groups excluding carboxylic acids is 2. The highest BCUT2D eigenvalue weighted by Crippen LogP contribution is 2.38. The number of likely N-dealkylation sites (tertiary alicyclic amines) is 1. The van der Waals surface area contributed by atoms with E-state index in [4.69, 9.17) is 9.47 Å². The van der Waals surface area contributed by atoms with Gasteiger partial charge in [0, 0.05) is 26.4 Å². The first-order valence-corrected chi connectivity index (χ1v) is 8.08. The normalized spacial score (nSPS) is 19.5. The molecule has 1 saturated heterocycles. The SMILES string of the molecule is CC(=O)NCCC(=O)N1CCCC1c1ccc2c(c1)OCCO2. The summed E-state index contributed by atoms with van der Waals surface area (Å²) in [6.07, 6.45) is 2.27. The fourth-order valence-electron chi connectivity index (χ4n) is 3.17. The first-order valence-electron chi connectivity index (χ1n) is 8.08. The van der Waals surface area contributed by atoms with Crippen LogP contribution < -0.4 is 14.8 Å². The van der Waals surface area contributed by atoms with Crippen LogP contribution in [0, 0.1) is 0 Å². The summed E-state index contributed by atoms with van der Waals surface area (Å²) in [5, 5.41) is 2.67. The van der Waals surface area contributed by atoms with Crippen LogP contribution in [0.5, 0.6) is 11.5 Å². The van der Waals surface area contributed by atoms with Crippen molar-refractivity contribution in [2.75, 3.05) is 26.3 Å². The number of carbonyl (C=O) groups is 2. The van der Waals surface area contributed by atoms with Gasteiger partial charge in [-0.1, -0.05) is 6.07 Å². The standard InChI is InChI=1S/C17H22N2O4/c1-12(20)18-7-6-17(21)19-8-2-3-14(19)13-4-5-15-16(11-13)23-10-9-22-15/h4-5,11,14H,2-3,6-10H2,1H3,(H,18,20). The average molecular weight is 318 g/mol. The maximum absolute atomic E-state index is 12.4. The predicted molar refractivity (Wildman–Crippen MR) is 84.4 cm³/mol. The van der Waals surface area contributed by atoms with Gasteiger partial charge < -0.3 is 19.7 Å². The van der Waals surface area contributed by atoms with Crippen LogP contribution in [-0.4, -0.2) is 43.0 Å². The second-order valence-corrected chi connectivity index (χ2v) is 5.88. The van der Waals surface area contributed by atoms with E-state index in [0.717, 1.165) is 36.4 Å². The number of hydrogen-bond acceptors (Lipinski definition) is 4. The lowest BCUT2D eigenvalue weighted by Crippen LogP contribution is -2.33. The highest BCUT2D eigenvalue weighted by molar-refractivity contribution is 5.78. The molecule has 0 aliphatic carbocycles. The minimum Gasteiger partial charge on any atom is -0.486 e. The molecule has 1 unspecified atom stereocenters. The summed E-state index contributed by atoms with van der Waals surface area (Å²) in [7, 11) is 0. The van der Waals surface area contributed by atoms with Gasteiger partial charge in [-0.2, -0.15) is 0 Å². The lowest BCUT2D eigenvalue weighted by Gasteiger charge is -2.27. The molecular weight excluding hydrogens is 296 g/mol. The lowest BCUT2D eigenvalue weighted by atomic mass is 10.0. The highest BCUT2D eigenvalue weighted by Gasteiger charge is 2.30. The molecule has 1 N–H and O–H groups in total. The van der Waals surface area contributed by atoms with Crippen LogP contribution in [0.4, 0.5) is 0 Å². The molecule has 2 amide bonds. The molecule has 2 aliphatic heterocycles. The second-order valence-electron chi connectivity index (χ2n) is 5.88. The Morgan fingerprint density at radius 3 is 2.83 bits per heavy atom. The molecule has 23 heavy (non-hydrogen) atoms. The van der Waals surface area contributed by atoms with Gasteiger partial charge in [0.1, 0.15) is 13.2 Å². The molecule has 1 aromatic rings. The summed E-state index contributed by atoms with van der Waals surface area (Å²) in [6, 6.07) is 5.99. The van der Waals surface area contributed by atoms with E-state index in [9.17, 15) is 9.59 Å². The number of rotatable bonds is 4. The first-order chi connectivity index (χ1) is 11.1. The fraction of sp³-hybridized carbons (Fsp3) is 0.529. The minimum absolute atomic E-state index is 0.0793. The second kappa shape index (κ2) is 6.89. The molecule has 0 bridgehead atoms. The van der Waals surface area contributed by atoms with Gasteiger partial charge in [0.25, 0.3) is 0 Å². The zero-order valence-electron chi connectivity index (χ0n) is 13.3. The van der Waals surface area contributed by atoms with Crippen LogP contribution in [0.3, 0.4) is 0 Å². The van der Waals surface area contributed by atoms with Crippen LogP contribution in [-0.2, 0) is 9.59 Å². The number of nitrogens with zero attached hydrogens (tertiary/aromatic N) is 1. The van der Waals surface area contributed by atoms with Crippen molar-refractivity contribution in [3.63, 3.8) is 0 Å². The van der Waals surface area contributed by atoms with Crippen LogP contribution in [0.2, 0.25) is 0 Å². The Kier molecular flexibility index (Phi) is 4.69. The number of amides is 2. The van der Waals surface area contributed by atoms with Gasteiger partial charge in [0.2, 0.25) is 11.8 Å². The molecule has 2 heterocycles. The monoisotopic (exact) mass is 318 g/mol. The molecule has 2 aliphatic rings. The summed E-state index contributed by atoms with van der Waals surface area (Å²) in [5.74, 6) is 1.49. The van der Waals surface area contributed by atoms with Gasteiger partial charge in [0.05, 0.1) is 6.04 Å². The largest absolute Gasteiger partial charge is 0.486 e. The Bertz CT molecular complexity index is 602. The molecule has 6 heteroatoms. The molecule has 124 valence electrons. The number of fused-ring (bicyclic) bond motifs is 1. The maximum Gasteiger partial charge on any atom is 0.224 e. The van der Waals surface area contributed by atoms with Crippen molar-refractivity contribution >= 4 is 11.8 Å². The Balaban J connectivity index is 1.68. The Morgan fingerprint density at radius 1 is 1.26 bits per heavy atom. The molecule has 6 nitrogen and oxygen atoms in total. The molecule has 0 radical (unpaired) electrons. The molecule has 0 saturated carbocycles.